The van der Waals surface area contributed by atoms with Crippen LogP contribution in [-0.2, 0) is 0 Å². The molecule has 1 aromatic carbocycles. The Labute approximate surface area is 123 Å². The van der Waals surface area contributed by atoms with Gasteiger partial charge in [-0.3, -0.25) is 0 Å². The van der Waals surface area contributed by atoms with Crippen LogP contribution in [0.4, 0.5) is 5.69 Å². The van der Waals surface area contributed by atoms with Gasteiger partial charge in [-0.15, -0.1) is 0 Å². The van der Waals surface area contributed by atoms with E-state index in [0.717, 1.165) is 10.9 Å². The predicted octanol–water partition coefficient (Wildman–Crippen LogP) is 2.59. The lowest BCUT2D eigenvalue weighted by molar-refractivity contribution is 0.190. The van der Waals surface area contributed by atoms with E-state index in [1.54, 1.807) is 0 Å². The number of hydrogen-bond acceptors (Lipinski definition) is 3. The lowest BCUT2D eigenvalue weighted by Crippen LogP contribution is -2.56. The van der Waals surface area contributed by atoms with Crippen molar-refractivity contribution >= 4 is 21.6 Å². The molecular formula is C15H22BrN3. The second-order valence-electron chi connectivity index (χ2n) is 6.00. The van der Waals surface area contributed by atoms with Crippen LogP contribution in [0.1, 0.15) is 18.4 Å². The summed E-state index contributed by atoms with van der Waals surface area (Å²) in [5, 5.41) is 3.78. The van der Waals surface area contributed by atoms with Gasteiger partial charge >= 0.3 is 0 Å². The number of hydrogen-bond donors (Lipinski definition) is 2. The van der Waals surface area contributed by atoms with E-state index in [4.69, 9.17) is 5.73 Å². The maximum Gasteiger partial charge on any atom is 0.0548 e. The Bertz CT molecular complexity index is 476. The fourth-order valence-corrected chi connectivity index (χ4v) is 3.88. The second-order valence-corrected chi connectivity index (χ2v) is 6.86. The fraction of sp³-hybridized carbons (Fsp3) is 0.600. The first kappa shape index (κ1) is 13.4. The van der Waals surface area contributed by atoms with Gasteiger partial charge in [-0.25, -0.2) is 0 Å². The van der Waals surface area contributed by atoms with E-state index in [0.29, 0.717) is 12.5 Å². The highest BCUT2D eigenvalue weighted by Gasteiger charge is 2.45. The molecule has 2 heterocycles. The van der Waals surface area contributed by atoms with Crippen LogP contribution in [-0.4, -0.2) is 36.6 Å². The normalized spacial score (nSPS) is 33.4. The number of nitrogens with zero attached hydrogens (tertiary/aromatic N) is 1. The van der Waals surface area contributed by atoms with Crippen molar-refractivity contribution in [1.82, 2.24) is 4.90 Å². The number of halogens is 1. The highest BCUT2D eigenvalue weighted by molar-refractivity contribution is 9.10. The number of nitrogens with one attached hydrogen (secondary N) is 1. The van der Waals surface area contributed by atoms with Gasteiger partial charge in [-0.05, 0) is 65.9 Å². The third kappa shape index (κ3) is 2.41. The smallest absolute Gasteiger partial charge is 0.0548 e. The number of benzene rings is 1. The van der Waals surface area contributed by atoms with Crippen LogP contribution in [0.5, 0.6) is 0 Å². The van der Waals surface area contributed by atoms with Gasteiger partial charge in [0.15, 0.2) is 0 Å². The van der Waals surface area contributed by atoms with Crippen LogP contribution in [0, 0.1) is 12.8 Å². The number of rotatable bonds is 3. The topological polar surface area (TPSA) is 41.3 Å². The van der Waals surface area contributed by atoms with Crippen molar-refractivity contribution in [2.24, 2.45) is 11.7 Å². The Balaban J connectivity index is 1.88. The zero-order valence-corrected chi connectivity index (χ0v) is 13.0. The molecule has 4 heteroatoms. The molecule has 104 valence electrons. The van der Waals surface area contributed by atoms with Gasteiger partial charge in [0.2, 0.25) is 0 Å². The van der Waals surface area contributed by atoms with Crippen molar-refractivity contribution < 1.29 is 0 Å². The van der Waals surface area contributed by atoms with Crippen LogP contribution in [0.15, 0.2) is 22.7 Å². The zero-order valence-electron chi connectivity index (χ0n) is 11.5. The van der Waals surface area contributed by atoms with Gasteiger partial charge in [0, 0.05) is 29.8 Å². The highest BCUT2D eigenvalue weighted by Crippen LogP contribution is 2.39. The predicted molar refractivity (Wildman–Crippen MR) is 83.5 cm³/mol. The molecule has 19 heavy (non-hydrogen) atoms. The number of anilines is 1. The van der Waals surface area contributed by atoms with E-state index < -0.39 is 0 Å². The molecule has 0 spiro atoms. The quantitative estimate of drug-likeness (QED) is 0.898. The molecular weight excluding hydrogens is 302 g/mol. The monoisotopic (exact) mass is 323 g/mol. The van der Waals surface area contributed by atoms with Crippen LogP contribution in [0.3, 0.4) is 0 Å². The summed E-state index contributed by atoms with van der Waals surface area (Å²) >= 11 is 3.65. The van der Waals surface area contributed by atoms with Crippen molar-refractivity contribution in [2.75, 3.05) is 31.5 Å². The maximum atomic E-state index is 6.16. The third-order valence-corrected chi connectivity index (χ3v) is 5.49. The Kier molecular flexibility index (Phi) is 3.58. The van der Waals surface area contributed by atoms with E-state index in [9.17, 15) is 0 Å². The largest absolute Gasteiger partial charge is 0.377 e. The summed E-state index contributed by atoms with van der Waals surface area (Å²) in [6.07, 6.45) is 2.42. The molecule has 0 aromatic heterocycles. The molecule has 2 saturated heterocycles. The molecule has 0 saturated carbocycles. The van der Waals surface area contributed by atoms with Gasteiger partial charge in [-0.1, -0.05) is 6.07 Å². The number of piperidine rings is 1. The minimum absolute atomic E-state index is 0.0727. The van der Waals surface area contributed by atoms with Gasteiger partial charge in [0.25, 0.3) is 0 Å². The van der Waals surface area contributed by atoms with Gasteiger partial charge in [0.05, 0.1) is 5.54 Å². The van der Waals surface area contributed by atoms with Gasteiger partial charge < -0.3 is 16.0 Å². The minimum atomic E-state index is 0.0727. The van der Waals surface area contributed by atoms with Crippen LogP contribution >= 0.6 is 15.9 Å². The van der Waals surface area contributed by atoms with Crippen LogP contribution < -0.4 is 11.1 Å². The lowest BCUT2D eigenvalue weighted by Gasteiger charge is -2.44. The molecule has 3 unspecified atom stereocenters. The average Bonchev–Trinajstić information content (AvgIpc) is 2.82. The summed E-state index contributed by atoms with van der Waals surface area (Å²) in [5.74, 6) is 0.679. The molecule has 0 amide bonds. The summed E-state index contributed by atoms with van der Waals surface area (Å²) in [6, 6.07) is 6.46. The van der Waals surface area contributed by atoms with Crippen molar-refractivity contribution in [3.8, 4) is 0 Å². The summed E-state index contributed by atoms with van der Waals surface area (Å²) in [7, 11) is 0. The van der Waals surface area contributed by atoms with Crippen molar-refractivity contribution in [2.45, 2.75) is 25.3 Å². The SMILES string of the molecule is Cc1ccc(Br)c(NC2(CN)CCN3CCC2C3)c1. The van der Waals surface area contributed by atoms with Gasteiger partial charge in [-0.2, -0.15) is 0 Å². The molecule has 2 aliphatic heterocycles. The van der Waals surface area contributed by atoms with E-state index in [1.165, 1.54) is 37.3 Å². The summed E-state index contributed by atoms with van der Waals surface area (Å²) in [5.41, 5.74) is 8.70. The summed E-state index contributed by atoms with van der Waals surface area (Å²) < 4.78 is 1.13. The lowest BCUT2D eigenvalue weighted by atomic mass is 9.78. The molecule has 3 atom stereocenters. The van der Waals surface area contributed by atoms with E-state index in [2.05, 4.69) is 51.3 Å². The molecule has 1 aromatic rings. The Morgan fingerprint density at radius 3 is 3.11 bits per heavy atom. The molecule has 2 fully saturated rings. The van der Waals surface area contributed by atoms with Crippen molar-refractivity contribution in [3.63, 3.8) is 0 Å². The average molecular weight is 324 g/mol. The molecule has 2 aliphatic rings. The molecule has 3 N–H and O–H groups in total. The maximum absolute atomic E-state index is 6.16. The third-order valence-electron chi connectivity index (χ3n) is 4.80. The van der Waals surface area contributed by atoms with Crippen molar-refractivity contribution in [1.29, 1.82) is 0 Å². The minimum Gasteiger partial charge on any atom is -0.377 e. The Morgan fingerprint density at radius 1 is 1.47 bits per heavy atom. The molecule has 0 aliphatic carbocycles. The van der Waals surface area contributed by atoms with Crippen molar-refractivity contribution in [3.05, 3.63) is 28.2 Å². The first-order valence-corrected chi connectivity index (χ1v) is 7.89. The first-order chi connectivity index (χ1) is 9.13. The zero-order chi connectivity index (χ0) is 13.5. The number of fused-ring (bicyclic) bond motifs is 2. The second kappa shape index (κ2) is 5.08. The first-order valence-electron chi connectivity index (χ1n) is 7.10. The van der Waals surface area contributed by atoms with E-state index in [1.807, 2.05) is 0 Å². The summed E-state index contributed by atoms with van der Waals surface area (Å²) in [4.78, 5) is 2.56. The Morgan fingerprint density at radius 2 is 2.32 bits per heavy atom. The van der Waals surface area contributed by atoms with Crippen LogP contribution in [0.25, 0.3) is 0 Å². The summed E-state index contributed by atoms with van der Waals surface area (Å²) in [6.45, 7) is 6.46. The number of nitrogens with two attached hydrogens (primary N) is 1. The standard InChI is InChI=1S/C15H22BrN3/c1-11-2-3-13(16)14(8-11)18-15(10-17)5-7-19-6-4-12(15)9-19/h2-3,8,12,18H,4-7,9-10,17H2,1H3. The molecule has 0 radical (unpaired) electrons. The van der Waals surface area contributed by atoms with E-state index >= 15 is 0 Å². The molecule has 2 bridgehead atoms. The van der Waals surface area contributed by atoms with Crippen LogP contribution in [0.2, 0.25) is 0 Å². The molecule has 3 rings (SSSR count). The van der Waals surface area contributed by atoms with Gasteiger partial charge in [0.1, 0.15) is 0 Å². The highest BCUT2D eigenvalue weighted by atomic mass is 79.9. The Hall–Kier alpha value is -0.580. The number of aryl methyl sites for hydroxylation is 1. The van der Waals surface area contributed by atoms with E-state index in [-0.39, 0.29) is 5.54 Å². The fourth-order valence-electron chi connectivity index (χ4n) is 3.54. The molecule has 3 nitrogen and oxygen atoms in total.